The first-order valence-corrected chi connectivity index (χ1v) is 7.59. The Bertz CT molecular complexity index is 598. The van der Waals surface area contributed by atoms with Gasteiger partial charge in [0, 0.05) is 24.2 Å². The van der Waals surface area contributed by atoms with E-state index in [1.165, 1.54) is 12.1 Å². The Labute approximate surface area is 139 Å². The summed E-state index contributed by atoms with van der Waals surface area (Å²) >= 11 is 0. The van der Waals surface area contributed by atoms with E-state index < -0.39 is 5.97 Å². The van der Waals surface area contributed by atoms with Gasteiger partial charge in [0.1, 0.15) is 0 Å². The molecule has 4 N–H and O–H groups in total. The number of hydrogen-bond donors (Lipinski definition) is 4. The maximum atomic E-state index is 11.8. The summed E-state index contributed by atoms with van der Waals surface area (Å²) in [4.78, 5) is 45.1. The Morgan fingerprint density at radius 1 is 0.958 bits per heavy atom. The molecule has 0 atom stereocenters. The number of benzene rings is 1. The molecule has 1 aromatic carbocycles. The number of aliphatic carboxylic acids is 1. The van der Waals surface area contributed by atoms with Crippen LogP contribution >= 0.6 is 0 Å². The molecule has 0 aliphatic rings. The monoisotopic (exact) mass is 335 g/mol. The first-order chi connectivity index (χ1) is 11.4. The van der Waals surface area contributed by atoms with Gasteiger partial charge in [-0.25, -0.2) is 0 Å². The molecule has 1 rings (SSSR count). The number of carboxylic acid groups (broad SMARTS) is 1. The van der Waals surface area contributed by atoms with E-state index in [2.05, 4.69) is 16.0 Å². The van der Waals surface area contributed by atoms with Gasteiger partial charge in [-0.05, 0) is 30.7 Å². The van der Waals surface area contributed by atoms with Gasteiger partial charge in [0.05, 0.1) is 13.0 Å². The van der Waals surface area contributed by atoms with E-state index in [0.29, 0.717) is 24.1 Å². The number of carbonyl (C=O) groups excluding carboxylic acids is 3. The van der Waals surface area contributed by atoms with Crippen molar-refractivity contribution in [3.05, 3.63) is 29.8 Å². The predicted octanol–water partition coefficient (Wildman–Crippen LogP) is 0.746. The summed E-state index contributed by atoms with van der Waals surface area (Å²) in [6, 6.07) is 6.14. The second-order valence-corrected chi connectivity index (χ2v) is 5.05. The summed E-state index contributed by atoms with van der Waals surface area (Å²) < 4.78 is 0. The highest BCUT2D eigenvalue weighted by atomic mass is 16.4. The Morgan fingerprint density at radius 2 is 1.62 bits per heavy atom. The molecule has 0 bridgehead atoms. The van der Waals surface area contributed by atoms with E-state index in [9.17, 15) is 19.2 Å². The molecule has 0 aromatic heterocycles. The molecule has 0 radical (unpaired) electrons. The molecule has 24 heavy (non-hydrogen) atoms. The average Bonchev–Trinajstić information content (AvgIpc) is 2.53. The van der Waals surface area contributed by atoms with Crippen molar-refractivity contribution in [1.29, 1.82) is 0 Å². The van der Waals surface area contributed by atoms with Crippen molar-refractivity contribution in [3.8, 4) is 0 Å². The fourth-order valence-corrected chi connectivity index (χ4v) is 1.79. The van der Waals surface area contributed by atoms with Crippen LogP contribution in [0.3, 0.4) is 0 Å². The minimum Gasteiger partial charge on any atom is -0.481 e. The van der Waals surface area contributed by atoms with Crippen LogP contribution in [-0.2, 0) is 14.4 Å². The summed E-state index contributed by atoms with van der Waals surface area (Å²) in [6.45, 7) is 1.80. The highest BCUT2D eigenvalue weighted by molar-refractivity contribution is 5.97. The smallest absolute Gasteiger partial charge is 0.305 e. The number of hydrogen-bond acceptors (Lipinski definition) is 4. The molecule has 0 spiro atoms. The van der Waals surface area contributed by atoms with Crippen LogP contribution in [0.4, 0.5) is 5.69 Å². The zero-order valence-corrected chi connectivity index (χ0v) is 13.4. The summed E-state index contributed by atoms with van der Waals surface area (Å²) in [6.07, 6.45) is 0.937. The summed E-state index contributed by atoms with van der Waals surface area (Å²) in [5.74, 6) is -1.92. The number of nitrogens with one attached hydrogen (secondary N) is 3. The van der Waals surface area contributed by atoms with Crippen molar-refractivity contribution in [2.24, 2.45) is 0 Å². The van der Waals surface area contributed by atoms with Gasteiger partial charge in [-0.3, -0.25) is 19.2 Å². The lowest BCUT2D eigenvalue weighted by molar-refractivity contribution is -0.136. The molecule has 1 aromatic rings. The lowest BCUT2D eigenvalue weighted by Gasteiger charge is -2.08. The Balaban J connectivity index is 2.43. The van der Waals surface area contributed by atoms with Crippen LogP contribution < -0.4 is 16.0 Å². The quantitative estimate of drug-likeness (QED) is 0.530. The third-order valence-electron chi connectivity index (χ3n) is 2.98. The molecule has 0 unspecified atom stereocenters. The Morgan fingerprint density at radius 3 is 2.21 bits per heavy atom. The second-order valence-electron chi connectivity index (χ2n) is 5.05. The van der Waals surface area contributed by atoms with Crippen molar-refractivity contribution >= 4 is 29.4 Å². The molecule has 0 fully saturated rings. The normalized spacial score (nSPS) is 9.88. The molecule has 8 nitrogen and oxygen atoms in total. The molecular formula is C16H21N3O5. The van der Waals surface area contributed by atoms with Crippen LogP contribution in [0.1, 0.15) is 36.5 Å². The first kappa shape index (κ1) is 19.1. The van der Waals surface area contributed by atoms with Crippen LogP contribution in [0.5, 0.6) is 0 Å². The van der Waals surface area contributed by atoms with Crippen LogP contribution in [-0.4, -0.2) is 41.9 Å². The molecule has 0 aliphatic heterocycles. The predicted molar refractivity (Wildman–Crippen MR) is 87.6 cm³/mol. The largest absolute Gasteiger partial charge is 0.481 e. The van der Waals surface area contributed by atoms with E-state index in [1.54, 1.807) is 12.1 Å². The van der Waals surface area contributed by atoms with Gasteiger partial charge in [-0.2, -0.15) is 0 Å². The van der Waals surface area contributed by atoms with Crippen molar-refractivity contribution < 1.29 is 24.3 Å². The highest BCUT2D eigenvalue weighted by Crippen LogP contribution is 2.09. The van der Waals surface area contributed by atoms with Crippen molar-refractivity contribution in [2.45, 2.75) is 26.2 Å². The zero-order valence-electron chi connectivity index (χ0n) is 13.4. The third kappa shape index (κ3) is 7.39. The molecule has 0 heterocycles. The number of carboxylic acids is 1. The SMILES string of the molecule is CCCC(=O)NCC(=O)Nc1ccc(C(=O)NCCC(=O)O)cc1. The number of anilines is 1. The summed E-state index contributed by atoms with van der Waals surface area (Å²) in [5.41, 5.74) is 0.849. The average molecular weight is 335 g/mol. The van der Waals surface area contributed by atoms with Crippen LogP contribution in [0.2, 0.25) is 0 Å². The molecule has 0 saturated heterocycles. The lowest BCUT2D eigenvalue weighted by atomic mass is 10.2. The van der Waals surface area contributed by atoms with Crippen molar-refractivity contribution in [2.75, 3.05) is 18.4 Å². The van der Waals surface area contributed by atoms with Crippen LogP contribution in [0.15, 0.2) is 24.3 Å². The van der Waals surface area contributed by atoms with Gasteiger partial charge in [-0.15, -0.1) is 0 Å². The Hall–Kier alpha value is -2.90. The number of amides is 3. The zero-order chi connectivity index (χ0) is 17.9. The minimum atomic E-state index is -0.987. The standard InChI is InChI=1S/C16H21N3O5/c1-2-3-13(20)18-10-14(21)19-12-6-4-11(5-7-12)16(24)17-9-8-15(22)23/h4-7H,2-3,8-10H2,1H3,(H,17,24)(H,18,20)(H,19,21)(H,22,23). The summed E-state index contributed by atoms with van der Waals surface area (Å²) in [5, 5.41) is 16.1. The van der Waals surface area contributed by atoms with Gasteiger partial charge >= 0.3 is 5.97 Å². The number of rotatable bonds is 9. The fraction of sp³-hybridized carbons (Fsp3) is 0.375. The van der Waals surface area contributed by atoms with Crippen LogP contribution in [0.25, 0.3) is 0 Å². The summed E-state index contributed by atoms with van der Waals surface area (Å²) in [7, 11) is 0. The maximum Gasteiger partial charge on any atom is 0.305 e. The second kappa shape index (κ2) is 9.98. The molecular weight excluding hydrogens is 314 g/mol. The Kier molecular flexibility index (Phi) is 7.97. The highest BCUT2D eigenvalue weighted by Gasteiger charge is 2.08. The lowest BCUT2D eigenvalue weighted by Crippen LogP contribution is -2.32. The van der Waals surface area contributed by atoms with E-state index in [0.717, 1.165) is 0 Å². The van der Waals surface area contributed by atoms with Crippen molar-refractivity contribution in [3.63, 3.8) is 0 Å². The van der Waals surface area contributed by atoms with E-state index in [1.807, 2.05) is 6.92 Å². The van der Waals surface area contributed by atoms with Gasteiger partial charge < -0.3 is 21.1 Å². The molecule has 0 aliphatic carbocycles. The number of carbonyl (C=O) groups is 4. The van der Waals surface area contributed by atoms with Gasteiger partial charge in [0.2, 0.25) is 11.8 Å². The molecule has 0 saturated carbocycles. The van der Waals surface area contributed by atoms with E-state index >= 15 is 0 Å². The maximum absolute atomic E-state index is 11.8. The van der Waals surface area contributed by atoms with E-state index in [4.69, 9.17) is 5.11 Å². The molecule has 3 amide bonds. The first-order valence-electron chi connectivity index (χ1n) is 7.59. The minimum absolute atomic E-state index is 0.0457. The molecule has 130 valence electrons. The van der Waals surface area contributed by atoms with Crippen molar-refractivity contribution in [1.82, 2.24) is 10.6 Å². The third-order valence-corrected chi connectivity index (χ3v) is 2.98. The topological polar surface area (TPSA) is 125 Å². The molecule has 8 heteroatoms. The van der Waals surface area contributed by atoms with E-state index in [-0.39, 0.29) is 37.2 Å². The van der Waals surface area contributed by atoms with Gasteiger partial charge in [-0.1, -0.05) is 6.92 Å². The van der Waals surface area contributed by atoms with Crippen LogP contribution in [0, 0.1) is 0 Å². The van der Waals surface area contributed by atoms with Gasteiger partial charge in [0.25, 0.3) is 5.91 Å². The fourth-order valence-electron chi connectivity index (χ4n) is 1.79. The van der Waals surface area contributed by atoms with Gasteiger partial charge in [0.15, 0.2) is 0 Å².